The van der Waals surface area contributed by atoms with Gasteiger partial charge in [0.1, 0.15) is 11.9 Å². The molecule has 0 aliphatic rings. The van der Waals surface area contributed by atoms with Gasteiger partial charge in [-0.1, -0.05) is 23.7 Å². The number of nitrogens with zero attached hydrogens (tertiary/aromatic N) is 2. The van der Waals surface area contributed by atoms with Gasteiger partial charge in [-0.05, 0) is 61.2 Å². The Kier molecular flexibility index (Phi) is 6.71. The maximum atomic E-state index is 11.2. The van der Waals surface area contributed by atoms with Crippen molar-refractivity contribution in [3.05, 3.63) is 77.3 Å². The number of carbonyl (C=O) groups excluding carboxylic acids is 1. The number of halogens is 1. The van der Waals surface area contributed by atoms with E-state index in [2.05, 4.69) is 10.3 Å². The van der Waals surface area contributed by atoms with Crippen LogP contribution in [0.5, 0.6) is 5.75 Å². The number of aromatic nitrogens is 2. The predicted octanol–water partition coefficient (Wildman–Crippen LogP) is 4.88. The highest BCUT2D eigenvalue weighted by molar-refractivity contribution is 6.30. The Labute approximate surface area is 170 Å². The molecule has 0 aliphatic heterocycles. The molecule has 1 aromatic heterocycles. The highest BCUT2D eigenvalue weighted by Gasteiger charge is 2.14. The first kappa shape index (κ1) is 20.0. The van der Waals surface area contributed by atoms with Crippen molar-refractivity contribution in [2.45, 2.75) is 39.3 Å². The minimum atomic E-state index is -0.0889. The van der Waals surface area contributed by atoms with Crippen LogP contribution in [0.4, 0.5) is 5.69 Å². The molecular weight excluding hydrogens is 374 g/mol. The van der Waals surface area contributed by atoms with Crippen molar-refractivity contribution in [2.24, 2.45) is 0 Å². The third-order valence-electron chi connectivity index (χ3n) is 4.43. The summed E-state index contributed by atoms with van der Waals surface area (Å²) in [5, 5.41) is 3.54. The Bertz CT molecular complexity index is 908. The molecule has 0 saturated carbocycles. The van der Waals surface area contributed by atoms with Crippen molar-refractivity contribution in [1.82, 2.24) is 9.55 Å². The summed E-state index contributed by atoms with van der Waals surface area (Å²) < 4.78 is 8.36. The smallest absolute Gasteiger partial charge is 0.221 e. The number of carbonyl (C=O) groups is 1. The van der Waals surface area contributed by atoms with Crippen LogP contribution in [0, 0.1) is 6.92 Å². The molecule has 6 heteroatoms. The Hall–Kier alpha value is -2.79. The molecule has 0 aliphatic carbocycles. The topological polar surface area (TPSA) is 56.1 Å². The second-order valence-corrected chi connectivity index (χ2v) is 7.26. The number of rotatable bonds is 8. The van der Waals surface area contributed by atoms with Crippen LogP contribution in [-0.4, -0.2) is 21.6 Å². The first-order chi connectivity index (χ1) is 13.5. The Morgan fingerprint density at radius 2 is 2.04 bits per heavy atom. The van der Waals surface area contributed by atoms with Crippen molar-refractivity contribution >= 4 is 23.2 Å². The van der Waals surface area contributed by atoms with Crippen LogP contribution in [0.1, 0.15) is 24.5 Å². The van der Waals surface area contributed by atoms with E-state index < -0.39 is 0 Å². The molecule has 0 fully saturated rings. The third kappa shape index (κ3) is 5.86. The second kappa shape index (κ2) is 9.42. The number of benzene rings is 2. The summed E-state index contributed by atoms with van der Waals surface area (Å²) in [6.45, 7) is 4.19. The molecule has 1 unspecified atom stereocenters. The van der Waals surface area contributed by atoms with Crippen molar-refractivity contribution in [3.63, 3.8) is 0 Å². The first-order valence-corrected chi connectivity index (χ1v) is 9.62. The fourth-order valence-electron chi connectivity index (χ4n) is 3.04. The summed E-state index contributed by atoms with van der Waals surface area (Å²) in [6, 6.07) is 13.6. The lowest BCUT2D eigenvalue weighted by atomic mass is 10.1. The average Bonchev–Trinajstić information content (AvgIpc) is 3.16. The number of hydrogen-bond donors (Lipinski definition) is 1. The van der Waals surface area contributed by atoms with Gasteiger partial charge < -0.3 is 14.6 Å². The minimum Gasteiger partial charge on any atom is -0.488 e. The molecule has 0 spiro atoms. The number of imidazole rings is 1. The molecular formula is C22H24ClN3O2. The maximum absolute atomic E-state index is 11.2. The summed E-state index contributed by atoms with van der Waals surface area (Å²) in [6.07, 6.45) is 7.22. The fourth-order valence-corrected chi connectivity index (χ4v) is 3.16. The van der Waals surface area contributed by atoms with Gasteiger partial charge in [0, 0.05) is 30.0 Å². The number of aryl methyl sites for hydroxylation is 2. The van der Waals surface area contributed by atoms with Crippen LogP contribution < -0.4 is 10.1 Å². The largest absolute Gasteiger partial charge is 0.488 e. The van der Waals surface area contributed by atoms with E-state index in [0.717, 1.165) is 34.9 Å². The summed E-state index contributed by atoms with van der Waals surface area (Å²) in [4.78, 5) is 15.4. The Balaban J connectivity index is 1.71. The van der Waals surface area contributed by atoms with Crippen molar-refractivity contribution in [1.29, 1.82) is 0 Å². The van der Waals surface area contributed by atoms with Gasteiger partial charge in [0.2, 0.25) is 5.91 Å². The van der Waals surface area contributed by atoms with E-state index >= 15 is 0 Å². The number of ether oxygens (including phenoxy) is 1. The van der Waals surface area contributed by atoms with Crippen LogP contribution in [-0.2, 0) is 17.8 Å². The molecule has 28 heavy (non-hydrogen) atoms. The second-order valence-electron chi connectivity index (χ2n) is 6.83. The maximum Gasteiger partial charge on any atom is 0.221 e. The monoisotopic (exact) mass is 397 g/mol. The molecule has 0 radical (unpaired) electrons. The molecule has 1 atom stereocenters. The zero-order chi connectivity index (χ0) is 19.9. The zero-order valence-corrected chi connectivity index (χ0v) is 16.8. The standard InChI is InChI=1S/C22H24ClN3O2/c1-16-13-20(25-17(2)27)8-10-22(16)28-21(14-26-12-11-24-15-26)9-5-18-3-6-19(23)7-4-18/h3-4,6-8,10-13,15,21H,5,9,14H2,1-2H3,(H,25,27). The van der Waals surface area contributed by atoms with Crippen LogP contribution in [0.15, 0.2) is 61.2 Å². The molecule has 3 rings (SSSR count). The van der Waals surface area contributed by atoms with Gasteiger partial charge in [-0.2, -0.15) is 0 Å². The van der Waals surface area contributed by atoms with Gasteiger partial charge in [0.25, 0.3) is 0 Å². The lowest BCUT2D eigenvalue weighted by Crippen LogP contribution is -2.24. The number of anilines is 1. The van der Waals surface area contributed by atoms with E-state index in [-0.39, 0.29) is 12.0 Å². The van der Waals surface area contributed by atoms with Crippen LogP contribution in [0.2, 0.25) is 5.02 Å². The fraction of sp³-hybridized carbons (Fsp3) is 0.273. The highest BCUT2D eigenvalue weighted by Crippen LogP contribution is 2.24. The lowest BCUT2D eigenvalue weighted by molar-refractivity contribution is -0.114. The molecule has 3 aromatic rings. The number of hydrogen-bond acceptors (Lipinski definition) is 3. The zero-order valence-electron chi connectivity index (χ0n) is 16.1. The minimum absolute atomic E-state index is 0.0183. The number of amides is 1. The van der Waals surface area contributed by atoms with E-state index in [0.29, 0.717) is 6.54 Å². The van der Waals surface area contributed by atoms with E-state index in [1.54, 1.807) is 12.5 Å². The molecule has 2 aromatic carbocycles. The summed E-state index contributed by atoms with van der Waals surface area (Å²) in [5.41, 5.74) is 2.97. The molecule has 0 bridgehead atoms. The normalized spacial score (nSPS) is 11.8. The van der Waals surface area contributed by atoms with Gasteiger partial charge in [0.05, 0.1) is 12.9 Å². The Morgan fingerprint density at radius 1 is 1.25 bits per heavy atom. The summed E-state index contributed by atoms with van der Waals surface area (Å²) in [7, 11) is 0. The van der Waals surface area contributed by atoms with E-state index in [1.165, 1.54) is 12.5 Å². The van der Waals surface area contributed by atoms with E-state index in [4.69, 9.17) is 16.3 Å². The molecule has 146 valence electrons. The predicted molar refractivity (Wildman–Crippen MR) is 112 cm³/mol. The molecule has 1 N–H and O–H groups in total. The first-order valence-electron chi connectivity index (χ1n) is 9.24. The molecule has 1 heterocycles. The van der Waals surface area contributed by atoms with Crippen LogP contribution in [0.3, 0.4) is 0 Å². The van der Waals surface area contributed by atoms with Crippen molar-refractivity contribution in [3.8, 4) is 5.75 Å². The summed E-state index contributed by atoms with van der Waals surface area (Å²) >= 11 is 5.98. The van der Waals surface area contributed by atoms with Gasteiger partial charge in [-0.3, -0.25) is 4.79 Å². The quantitative estimate of drug-likeness (QED) is 0.589. The average molecular weight is 398 g/mol. The van der Waals surface area contributed by atoms with Gasteiger partial charge in [-0.25, -0.2) is 4.98 Å². The lowest BCUT2D eigenvalue weighted by Gasteiger charge is -2.21. The van der Waals surface area contributed by atoms with Gasteiger partial charge in [-0.15, -0.1) is 0 Å². The highest BCUT2D eigenvalue weighted by atomic mass is 35.5. The van der Waals surface area contributed by atoms with Crippen molar-refractivity contribution < 1.29 is 9.53 Å². The van der Waals surface area contributed by atoms with Crippen LogP contribution >= 0.6 is 11.6 Å². The number of nitrogens with one attached hydrogen (secondary N) is 1. The van der Waals surface area contributed by atoms with Crippen molar-refractivity contribution in [2.75, 3.05) is 5.32 Å². The van der Waals surface area contributed by atoms with Crippen LogP contribution in [0.25, 0.3) is 0 Å². The van der Waals surface area contributed by atoms with E-state index in [9.17, 15) is 4.79 Å². The SMILES string of the molecule is CC(=O)Nc1ccc(OC(CCc2ccc(Cl)cc2)Cn2ccnc2)c(C)c1. The molecule has 5 nitrogen and oxygen atoms in total. The molecule has 0 saturated heterocycles. The van der Waals surface area contributed by atoms with E-state index in [1.807, 2.05) is 60.2 Å². The van der Waals surface area contributed by atoms with Gasteiger partial charge in [0.15, 0.2) is 0 Å². The summed E-state index contributed by atoms with van der Waals surface area (Å²) in [5.74, 6) is 0.726. The Morgan fingerprint density at radius 3 is 2.68 bits per heavy atom. The third-order valence-corrected chi connectivity index (χ3v) is 4.68. The van der Waals surface area contributed by atoms with Gasteiger partial charge >= 0.3 is 0 Å². The molecule has 1 amide bonds.